The summed E-state index contributed by atoms with van der Waals surface area (Å²) in [6, 6.07) is 50.2. The Morgan fingerprint density at radius 1 is 0.600 bits per heavy atom. The highest BCUT2D eigenvalue weighted by Gasteiger charge is 2.32. The Balaban J connectivity index is 0.000000244. The number of carboxylic acid groups (broad SMARTS) is 1. The van der Waals surface area contributed by atoms with E-state index in [1.165, 1.54) is 30.1 Å². The zero-order valence-corrected chi connectivity index (χ0v) is 42.9. The number of nitrogens with one attached hydrogen (secondary N) is 1. The lowest BCUT2D eigenvalue weighted by molar-refractivity contribution is -0.142. The first-order valence-electron chi connectivity index (χ1n) is 24.6. The van der Waals surface area contributed by atoms with Crippen LogP contribution in [0.15, 0.2) is 173 Å². The summed E-state index contributed by atoms with van der Waals surface area (Å²) in [7, 11) is 1.54. The highest BCUT2D eigenvalue weighted by Crippen LogP contribution is 2.29. The van der Waals surface area contributed by atoms with Crippen molar-refractivity contribution in [2.24, 2.45) is 0 Å². The van der Waals surface area contributed by atoms with Crippen molar-refractivity contribution >= 4 is 12.1 Å². The average molecular weight is 1020 g/mol. The molecular formula is C61H68N4O10. The number of nitrogens with zero attached hydrogens (tertiary/aromatic N) is 3. The van der Waals surface area contributed by atoms with Crippen LogP contribution in [-0.2, 0) is 29.0 Å². The summed E-state index contributed by atoms with van der Waals surface area (Å²) in [6.45, 7) is 12.7. The molecule has 0 saturated carbocycles. The predicted molar refractivity (Wildman–Crippen MR) is 290 cm³/mol. The SMILES string of the molecule is C.COc1ccc(OC(=O)N(C(C)C(=O)O)C(C)c2ccc(OCCc3nc(-c4ccccc4)oc3C)cc2)cc1.Cc1oc(-c2ccccc2)nc1CCOc1ccc(C(C)NC(C)OCc2ccccc2)cc1. The Kier molecular flexibility index (Phi) is 20.8. The number of carbonyl (C=O) groups excluding carboxylic acids is 1. The summed E-state index contributed by atoms with van der Waals surface area (Å²) in [6.07, 6.45) is 0.433. The van der Waals surface area contributed by atoms with Gasteiger partial charge in [0.15, 0.2) is 0 Å². The maximum atomic E-state index is 13.1. The Bertz CT molecular complexity index is 2960. The molecule has 1 amide bonds. The lowest BCUT2D eigenvalue weighted by Crippen LogP contribution is -2.46. The van der Waals surface area contributed by atoms with E-state index < -0.39 is 24.1 Å². The number of hydrogen-bond acceptors (Lipinski definition) is 12. The minimum absolute atomic E-state index is 0. The molecule has 0 fully saturated rings. The van der Waals surface area contributed by atoms with Crippen molar-refractivity contribution in [1.82, 2.24) is 20.2 Å². The Hall–Kier alpha value is -8.20. The molecule has 2 aromatic heterocycles. The van der Waals surface area contributed by atoms with Crippen LogP contribution in [0.3, 0.4) is 0 Å². The van der Waals surface area contributed by atoms with Crippen LogP contribution in [0.1, 0.15) is 86.8 Å². The fraction of sp³-hybridized carbons (Fsp3) is 0.279. The fourth-order valence-corrected chi connectivity index (χ4v) is 7.98. The van der Waals surface area contributed by atoms with Gasteiger partial charge in [-0.3, -0.25) is 10.2 Å². The summed E-state index contributed by atoms with van der Waals surface area (Å²) < 4.78 is 40.0. The summed E-state index contributed by atoms with van der Waals surface area (Å²) in [5.41, 5.74) is 6.74. The predicted octanol–water partition coefficient (Wildman–Crippen LogP) is 13.4. The van der Waals surface area contributed by atoms with Gasteiger partial charge in [-0.2, -0.15) is 0 Å². The third kappa shape index (κ3) is 16.1. The molecule has 0 radical (unpaired) electrons. The number of aliphatic carboxylic acids is 1. The van der Waals surface area contributed by atoms with Crippen LogP contribution in [0.5, 0.6) is 23.0 Å². The second-order valence-corrected chi connectivity index (χ2v) is 17.6. The second kappa shape index (κ2) is 27.7. The number of oxazole rings is 2. The van der Waals surface area contributed by atoms with Crippen molar-refractivity contribution in [3.63, 3.8) is 0 Å². The molecule has 14 heteroatoms. The minimum Gasteiger partial charge on any atom is -0.497 e. The van der Waals surface area contributed by atoms with E-state index in [9.17, 15) is 14.7 Å². The van der Waals surface area contributed by atoms with Gasteiger partial charge in [0.1, 0.15) is 46.8 Å². The van der Waals surface area contributed by atoms with Gasteiger partial charge in [0.05, 0.1) is 44.4 Å². The molecule has 2 heterocycles. The monoisotopic (exact) mass is 1020 g/mol. The maximum absolute atomic E-state index is 13.1. The molecule has 8 aromatic rings. The molecular weight excluding hydrogens is 949 g/mol. The largest absolute Gasteiger partial charge is 0.497 e. The number of amides is 1. The summed E-state index contributed by atoms with van der Waals surface area (Å²) in [5.74, 6) is 4.05. The zero-order valence-electron chi connectivity index (χ0n) is 42.9. The molecule has 0 aliphatic rings. The van der Waals surface area contributed by atoms with Crippen molar-refractivity contribution in [3.8, 4) is 45.9 Å². The molecule has 2 N–H and O–H groups in total. The third-order valence-corrected chi connectivity index (χ3v) is 12.3. The quantitative estimate of drug-likeness (QED) is 0.0616. The van der Waals surface area contributed by atoms with E-state index in [2.05, 4.69) is 46.5 Å². The number of hydrogen-bond donors (Lipinski definition) is 2. The van der Waals surface area contributed by atoms with Crippen molar-refractivity contribution in [2.75, 3.05) is 20.3 Å². The molecule has 14 nitrogen and oxygen atoms in total. The number of carboxylic acids is 1. The first-order chi connectivity index (χ1) is 35.8. The van der Waals surface area contributed by atoms with E-state index in [0.29, 0.717) is 55.9 Å². The van der Waals surface area contributed by atoms with Crippen molar-refractivity contribution in [3.05, 3.63) is 203 Å². The van der Waals surface area contributed by atoms with Crippen LogP contribution in [0.4, 0.5) is 4.79 Å². The van der Waals surface area contributed by atoms with E-state index in [-0.39, 0.29) is 25.4 Å². The fourth-order valence-electron chi connectivity index (χ4n) is 7.98. The number of aryl methyl sites for hydroxylation is 2. The van der Waals surface area contributed by atoms with E-state index >= 15 is 0 Å². The van der Waals surface area contributed by atoms with Crippen LogP contribution in [0.25, 0.3) is 22.9 Å². The van der Waals surface area contributed by atoms with Gasteiger partial charge in [0, 0.05) is 30.0 Å². The van der Waals surface area contributed by atoms with Gasteiger partial charge in [0.25, 0.3) is 0 Å². The minimum atomic E-state index is -1.14. The Morgan fingerprint density at radius 3 is 1.51 bits per heavy atom. The molecule has 0 aliphatic carbocycles. The van der Waals surface area contributed by atoms with Gasteiger partial charge < -0.3 is 37.6 Å². The average Bonchev–Trinajstić information content (AvgIpc) is 4.00. The van der Waals surface area contributed by atoms with Gasteiger partial charge in [-0.05, 0) is 131 Å². The first kappa shape index (κ1) is 56.1. The van der Waals surface area contributed by atoms with Gasteiger partial charge in [0.2, 0.25) is 11.8 Å². The molecule has 0 saturated heterocycles. The van der Waals surface area contributed by atoms with Gasteiger partial charge in [-0.25, -0.2) is 19.6 Å². The molecule has 8 rings (SSSR count). The lowest BCUT2D eigenvalue weighted by Gasteiger charge is -2.31. The molecule has 0 spiro atoms. The molecule has 392 valence electrons. The number of ether oxygens (including phenoxy) is 5. The van der Waals surface area contributed by atoms with Crippen molar-refractivity contribution < 1.29 is 47.2 Å². The summed E-state index contributed by atoms with van der Waals surface area (Å²) in [4.78, 5) is 35.3. The summed E-state index contributed by atoms with van der Waals surface area (Å²) in [5, 5.41) is 13.1. The van der Waals surface area contributed by atoms with E-state index in [1.807, 2.05) is 112 Å². The number of benzene rings is 6. The molecule has 0 aliphatic heterocycles. The molecule has 0 bridgehead atoms. The van der Waals surface area contributed by atoms with Crippen LogP contribution in [-0.4, -0.2) is 64.6 Å². The highest BCUT2D eigenvalue weighted by molar-refractivity contribution is 5.81. The lowest BCUT2D eigenvalue weighted by atomic mass is 10.1. The second-order valence-electron chi connectivity index (χ2n) is 17.6. The van der Waals surface area contributed by atoms with E-state index in [1.54, 1.807) is 55.5 Å². The molecule has 75 heavy (non-hydrogen) atoms. The number of rotatable bonds is 22. The Labute approximate surface area is 440 Å². The van der Waals surface area contributed by atoms with Crippen LogP contribution in [0, 0.1) is 13.8 Å². The zero-order chi connectivity index (χ0) is 52.4. The number of aromatic nitrogens is 2. The van der Waals surface area contributed by atoms with Gasteiger partial charge in [-0.15, -0.1) is 0 Å². The topological polar surface area (TPSA) is 168 Å². The van der Waals surface area contributed by atoms with E-state index in [0.717, 1.165) is 45.3 Å². The van der Waals surface area contributed by atoms with Crippen molar-refractivity contribution in [1.29, 1.82) is 0 Å². The standard InChI is InChI=1S/C31H32N2O7.C29H32N2O3.CH4/c1-20(33(21(2)30(34)35)31(36)40-27-16-14-25(37-4)15-17-27)23-10-12-26(13-11-23)38-19-18-28-22(3)39-29(32-28)24-8-6-5-7-9-24;1-21(30-23(3)33-20-24-10-6-4-7-11-24)25-14-16-27(17-15-25)32-19-18-28-22(2)34-29(31-28)26-12-8-5-9-13-26;/h5-17,20-21H,18-19H2,1-4H3,(H,34,35);4-17,21,23,30H,18-20H2,1-3H3;1H4. The van der Waals surface area contributed by atoms with Crippen molar-refractivity contribution in [2.45, 2.75) is 92.8 Å². The molecule has 4 atom stereocenters. The van der Waals surface area contributed by atoms with Gasteiger partial charge >= 0.3 is 12.1 Å². The van der Waals surface area contributed by atoms with Crippen LogP contribution in [0.2, 0.25) is 0 Å². The Morgan fingerprint density at radius 2 is 1.04 bits per heavy atom. The van der Waals surface area contributed by atoms with Crippen LogP contribution >= 0.6 is 0 Å². The number of methoxy groups -OCH3 is 1. The highest BCUT2D eigenvalue weighted by atomic mass is 16.6. The molecule has 4 unspecified atom stereocenters. The maximum Gasteiger partial charge on any atom is 0.416 e. The van der Waals surface area contributed by atoms with E-state index in [4.69, 9.17) is 32.5 Å². The first-order valence-corrected chi connectivity index (χ1v) is 24.6. The summed E-state index contributed by atoms with van der Waals surface area (Å²) >= 11 is 0. The smallest absolute Gasteiger partial charge is 0.416 e. The number of carbonyl (C=O) groups is 2. The molecule has 6 aromatic carbocycles. The third-order valence-electron chi connectivity index (χ3n) is 12.3. The van der Waals surface area contributed by atoms with Crippen LogP contribution < -0.4 is 24.3 Å². The normalized spacial score (nSPS) is 12.4. The van der Waals surface area contributed by atoms with Gasteiger partial charge in [-0.1, -0.05) is 98.4 Å².